The van der Waals surface area contributed by atoms with Crippen LogP contribution < -0.4 is 20.3 Å². The first-order valence-electron chi connectivity index (χ1n) is 16.1. The number of pyridine rings is 1. The monoisotopic (exact) mass is 729 g/mol. The van der Waals surface area contributed by atoms with Crippen molar-refractivity contribution in [3.05, 3.63) is 75.8 Å². The van der Waals surface area contributed by atoms with Gasteiger partial charge in [-0.25, -0.2) is 14.8 Å². The highest BCUT2D eigenvalue weighted by Crippen LogP contribution is 2.40. The number of benzene rings is 2. The first kappa shape index (κ1) is 36.6. The number of carbonyl (C=O) groups excluding carboxylic acids is 2. The van der Waals surface area contributed by atoms with Gasteiger partial charge in [-0.15, -0.1) is 11.3 Å². The Morgan fingerprint density at radius 3 is 2.32 bits per heavy atom. The first-order valence-corrected chi connectivity index (χ1v) is 18.3. The van der Waals surface area contributed by atoms with Crippen molar-refractivity contribution in [3.8, 4) is 39.6 Å². The van der Waals surface area contributed by atoms with Gasteiger partial charge in [0.15, 0.2) is 0 Å². The van der Waals surface area contributed by atoms with Crippen LogP contribution in [0.5, 0.6) is 5.75 Å². The highest BCUT2D eigenvalue weighted by atomic mass is 35.5. The van der Waals surface area contributed by atoms with Gasteiger partial charge in [0.2, 0.25) is 5.91 Å². The molecule has 258 valence electrons. The molecular weight excluding hydrogens is 694 g/mol. The van der Waals surface area contributed by atoms with Crippen molar-refractivity contribution in [2.24, 2.45) is 0 Å². The van der Waals surface area contributed by atoms with Crippen molar-refractivity contribution in [1.82, 2.24) is 20.6 Å². The second-order valence-corrected chi connectivity index (χ2v) is 13.8. The Hall–Kier alpha value is -4.66. The molecule has 0 bridgehead atoms. The number of hydrogen-bond donors (Lipinski definition) is 2. The molecule has 3 heterocycles. The third-order valence-corrected chi connectivity index (χ3v) is 10.3. The number of likely N-dealkylation sites (N-methyl/N-ethyl adjacent to an activating group) is 1. The van der Waals surface area contributed by atoms with E-state index in [2.05, 4.69) is 27.7 Å². The Morgan fingerprint density at radius 2 is 1.66 bits per heavy atom. The van der Waals surface area contributed by atoms with Gasteiger partial charge in [-0.1, -0.05) is 47.6 Å². The molecule has 14 heteroatoms. The molecule has 1 saturated heterocycles. The highest BCUT2D eigenvalue weighted by Gasteiger charge is 2.26. The van der Waals surface area contributed by atoms with Crippen LogP contribution in [-0.2, 0) is 20.1 Å². The number of halogens is 1. The largest absolute Gasteiger partial charge is 0.490 e. The lowest BCUT2D eigenvalue weighted by Gasteiger charge is -2.22. The highest BCUT2D eigenvalue weighted by molar-refractivity contribution is 7.98. The van der Waals surface area contributed by atoms with E-state index in [0.717, 1.165) is 42.2 Å². The van der Waals surface area contributed by atoms with E-state index in [1.165, 1.54) is 23.1 Å². The Bertz CT molecular complexity index is 1900. The molecule has 2 atom stereocenters. The fraction of sp³-hybridized carbons (Fsp3) is 0.333. The lowest BCUT2D eigenvalue weighted by Crippen LogP contribution is -2.47. The molecule has 4 aromatic rings. The number of nitriles is 2. The maximum atomic E-state index is 12.3. The Morgan fingerprint density at radius 1 is 0.980 bits per heavy atom. The summed E-state index contributed by atoms with van der Waals surface area (Å²) < 4.78 is 11.0. The molecule has 0 unspecified atom stereocenters. The molecule has 2 aromatic heterocycles. The third-order valence-electron chi connectivity index (χ3n) is 8.05. The molecule has 5 rings (SSSR count). The van der Waals surface area contributed by atoms with Crippen LogP contribution >= 0.6 is 34.7 Å². The van der Waals surface area contributed by atoms with Crippen molar-refractivity contribution in [2.45, 2.75) is 49.6 Å². The molecular formula is C36H36ClN7O4S2. The predicted octanol–water partition coefficient (Wildman–Crippen LogP) is 6.20. The summed E-state index contributed by atoms with van der Waals surface area (Å²) in [6.45, 7) is 4.90. The van der Waals surface area contributed by atoms with E-state index >= 15 is 0 Å². The average molecular weight is 730 g/mol. The van der Waals surface area contributed by atoms with Crippen molar-refractivity contribution in [2.75, 3.05) is 38.3 Å². The Kier molecular flexibility index (Phi) is 12.7. The van der Waals surface area contributed by atoms with E-state index in [4.69, 9.17) is 31.0 Å². The van der Waals surface area contributed by atoms with Crippen LogP contribution in [0.25, 0.3) is 21.7 Å². The van der Waals surface area contributed by atoms with Gasteiger partial charge >= 0.3 is 5.97 Å². The average Bonchev–Trinajstić information content (AvgIpc) is 3.85. The Labute approximate surface area is 304 Å². The number of nitrogens with one attached hydrogen (secondary N) is 2. The van der Waals surface area contributed by atoms with Crippen LogP contribution in [0.1, 0.15) is 43.5 Å². The summed E-state index contributed by atoms with van der Waals surface area (Å²) in [4.78, 5) is 36.1. The van der Waals surface area contributed by atoms with E-state index in [0.29, 0.717) is 49.6 Å². The van der Waals surface area contributed by atoms with E-state index in [-0.39, 0.29) is 19.1 Å². The van der Waals surface area contributed by atoms with Gasteiger partial charge in [-0.3, -0.25) is 4.79 Å². The van der Waals surface area contributed by atoms with Gasteiger partial charge < -0.3 is 25.0 Å². The number of rotatable bonds is 14. The van der Waals surface area contributed by atoms with E-state index in [1.54, 1.807) is 45.2 Å². The maximum Gasteiger partial charge on any atom is 0.328 e. The normalized spacial score (nSPS) is 13.6. The summed E-state index contributed by atoms with van der Waals surface area (Å²) in [6, 6.07) is 18.1. The molecule has 0 spiro atoms. The minimum Gasteiger partial charge on any atom is -0.490 e. The second-order valence-electron chi connectivity index (χ2n) is 11.5. The van der Waals surface area contributed by atoms with Gasteiger partial charge in [-0.2, -0.15) is 10.5 Å². The minimum absolute atomic E-state index is 0.0101. The summed E-state index contributed by atoms with van der Waals surface area (Å²) in [5, 5.41) is 30.3. The minimum atomic E-state index is -0.802. The van der Waals surface area contributed by atoms with Crippen LogP contribution in [0.15, 0.2) is 58.9 Å². The molecule has 1 amide bonds. The quantitative estimate of drug-likeness (QED) is 0.0867. The SMILES string of the molecule is CN[C@@H](C)C(=O)N[C@@H](C)C(=O)OCCOc1ccc(-c2c(C#N)c(SCc3csc(-c4ccc(Cl)cc4)n3)nc(N3CCCC3)c2C#N)cc1. The zero-order valence-corrected chi connectivity index (χ0v) is 30.3. The van der Waals surface area contributed by atoms with Crippen LogP contribution in [0.3, 0.4) is 0 Å². The summed E-state index contributed by atoms with van der Waals surface area (Å²) in [6.07, 6.45) is 2.00. The number of thiazole rings is 1. The second kappa shape index (κ2) is 17.3. The van der Waals surface area contributed by atoms with Gasteiger partial charge in [0.05, 0.1) is 17.3 Å². The summed E-state index contributed by atoms with van der Waals surface area (Å²) in [5.74, 6) is 0.728. The van der Waals surface area contributed by atoms with E-state index in [9.17, 15) is 20.1 Å². The van der Waals surface area contributed by atoms with E-state index in [1.807, 2.05) is 29.6 Å². The molecule has 1 aliphatic heterocycles. The van der Waals surface area contributed by atoms with Gasteiger partial charge in [0.1, 0.15) is 58.6 Å². The number of carbonyl (C=O) groups is 2. The fourth-order valence-electron chi connectivity index (χ4n) is 5.23. The number of hydrogen-bond acceptors (Lipinski definition) is 12. The molecule has 1 fully saturated rings. The van der Waals surface area contributed by atoms with Crippen molar-refractivity contribution >= 4 is 52.4 Å². The van der Waals surface area contributed by atoms with Crippen LogP contribution in [-0.4, -0.2) is 67.3 Å². The van der Waals surface area contributed by atoms with Crippen LogP contribution in [0.4, 0.5) is 5.82 Å². The topological polar surface area (TPSA) is 153 Å². The third kappa shape index (κ3) is 8.92. The zero-order valence-electron chi connectivity index (χ0n) is 27.9. The molecule has 0 radical (unpaired) electrons. The zero-order chi connectivity index (χ0) is 35.6. The van der Waals surface area contributed by atoms with E-state index < -0.39 is 18.1 Å². The maximum absolute atomic E-state index is 12.3. The number of amides is 1. The Balaban J connectivity index is 1.31. The lowest BCUT2D eigenvalue weighted by atomic mass is 9.96. The molecule has 0 saturated carbocycles. The summed E-state index contributed by atoms with van der Waals surface area (Å²) in [5.41, 5.74) is 3.73. The molecule has 0 aliphatic carbocycles. The summed E-state index contributed by atoms with van der Waals surface area (Å²) >= 11 is 9.02. The van der Waals surface area contributed by atoms with Gasteiger partial charge in [0.25, 0.3) is 0 Å². The van der Waals surface area contributed by atoms with Crippen molar-refractivity contribution in [3.63, 3.8) is 0 Å². The van der Waals surface area contributed by atoms with Gasteiger partial charge in [-0.05, 0) is 63.6 Å². The van der Waals surface area contributed by atoms with Crippen molar-refractivity contribution < 1.29 is 19.1 Å². The molecule has 1 aliphatic rings. The molecule has 2 aromatic carbocycles. The lowest BCUT2D eigenvalue weighted by molar-refractivity contribution is -0.148. The number of thioether (sulfide) groups is 1. The van der Waals surface area contributed by atoms with Crippen LogP contribution in [0, 0.1) is 22.7 Å². The van der Waals surface area contributed by atoms with Crippen LogP contribution in [0.2, 0.25) is 5.02 Å². The number of esters is 1. The number of ether oxygens (including phenoxy) is 2. The van der Waals surface area contributed by atoms with Crippen molar-refractivity contribution in [1.29, 1.82) is 10.5 Å². The number of aromatic nitrogens is 2. The number of nitrogens with zero attached hydrogens (tertiary/aromatic N) is 5. The molecule has 50 heavy (non-hydrogen) atoms. The molecule has 11 nitrogen and oxygen atoms in total. The smallest absolute Gasteiger partial charge is 0.328 e. The predicted molar refractivity (Wildman–Crippen MR) is 195 cm³/mol. The first-order chi connectivity index (χ1) is 24.2. The summed E-state index contributed by atoms with van der Waals surface area (Å²) in [7, 11) is 1.66. The number of anilines is 1. The molecule has 2 N–H and O–H groups in total. The van der Waals surface area contributed by atoms with Gasteiger partial charge in [0, 0.05) is 40.4 Å². The standard InChI is InChI=1S/C36H36ClN7O4S2/c1-22(40-3)33(45)41-23(2)36(46)48-17-16-47-28-12-8-24(9-13-28)31-29(18-38)32(44-14-4-5-15-44)43-35(30(31)19-39)50-21-27-20-49-34(42-27)25-6-10-26(37)11-7-25/h6-13,20,22-23,40H,4-5,14-17,21H2,1-3H3,(H,41,45)/t22-,23-/m0/s1. The fourth-order valence-corrected chi connectivity index (χ4v) is 7.16.